The number of unbranched alkanes of at least 4 members (excludes halogenated alkanes) is 23. The molecule has 32 atom stereocenters. The molecule has 0 aromatic rings. The summed E-state index contributed by atoms with van der Waals surface area (Å²) >= 11 is 0. The Morgan fingerprint density at radius 2 is 0.700 bits per heavy atom. The summed E-state index contributed by atoms with van der Waals surface area (Å²) in [5.41, 5.74) is 0. The first-order valence-corrected chi connectivity index (χ1v) is 40.0. The molecule has 6 heterocycles. The minimum absolute atomic E-state index is 0.171. The summed E-state index contributed by atoms with van der Waals surface area (Å²) in [4.78, 5) is 39.1. The highest BCUT2D eigenvalue weighted by Gasteiger charge is 2.59. The maximum atomic E-state index is 13.5. The van der Waals surface area contributed by atoms with Gasteiger partial charge in [-0.15, -0.1) is 0 Å². The molecule has 0 aromatic carbocycles. The number of allylic oxidation sites excluding steroid dienone is 1. The van der Waals surface area contributed by atoms with Crippen LogP contribution >= 0.6 is 0 Å². The van der Waals surface area contributed by atoms with E-state index >= 15 is 0 Å². The fraction of sp³-hybridized carbons (Fsp3) is 0.932. The second-order valence-corrected chi connectivity index (χ2v) is 29.9. The van der Waals surface area contributed by atoms with E-state index in [1.165, 1.54) is 96.3 Å². The van der Waals surface area contributed by atoms with Crippen molar-refractivity contribution in [3.63, 3.8) is 0 Å². The molecule has 6 fully saturated rings. The SMILES string of the molecule is CCCCCCCCCCCCC/C=C/[C@@H](O)[C@H](CO[C@@H]1OC(CO)[C@@H](O[C@@H]2OC(CO)[C@H](O[C@@H]3OC(CO)[C@H](O[C@@H]4OC(CO)[C@H](O)[C@H](O[C@@H]5OC(CO)[C@H](O)[C@H](O)C5O)C4NC(C)=O)[C@H](O[C@@H]4OC(CO)[C@H](O)[C@H](O)C4NC(C)=O)C3O)[C@H](O)C2O)[C@H](O)C1O)NC(=O)CCCCCCCCCCCCCCC. The molecule has 0 saturated carbocycles. The molecule has 0 bridgehead atoms. The summed E-state index contributed by atoms with van der Waals surface area (Å²) < 4.78 is 71.9. The van der Waals surface area contributed by atoms with E-state index in [9.17, 15) is 106 Å². The van der Waals surface area contributed by atoms with E-state index in [4.69, 9.17) is 56.8 Å². The van der Waals surface area contributed by atoms with Gasteiger partial charge in [-0.25, -0.2) is 0 Å². The lowest BCUT2D eigenvalue weighted by atomic mass is 9.93. The Labute approximate surface area is 643 Å². The molecule has 6 rings (SSSR count). The van der Waals surface area contributed by atoms with Crippen LogP contribution in [0.5, 0.6) is 0 Å². The molecular weight excluding hydrogens is 1460 g/mol. The molecule has 0 spiro atoms. The minimum atomic E-state index is -2.37. The van der Waals surface area contributed by atoms with Gasteiger partial charge in [-0.1, -0.05) is 167 Å². The number of aliphatic hydroxyl groups excluding tert-OH is 18. The topological polar surface area (TPSA) is 562 Å². The third-order valence-electron chi connectivity index (χ3n) is 21.2. The summed E-state index contributed by atoms with van der Waals surface area (Å²) in [5.74, 6) is -2.06. The van der Waals surface area contributed by atoms with Crippen molar-refractivity contribution in [2.24, 2.45) is 0 Å². The standard InChI is InChI=1S/C74H133N3O33/c1-5-7-9-11-13-15-17-19-21-23-25-27-29-31-43(86)42(77-50(87)32-30-28-26-24-22-20-18-16-14-12-10-8-6-2)39-99-71-61(96)58(93)64(47(36-81)103-71)106-73-62(97)59(94)65(48(37-82)104-73)107-74-63(98)68(110-69-51(75-40(3)84)56(91)53(88)44(33-78)100-69)66(49(38-83)105-74)108-70-52(76-41(4)85)67(55(90)46(35-80)101-70)109-72-60(95)57(92)54(89)45(34-79)102-72/h29,31,42-49,51-74,78-83,86,88-98H,5-28,30,32-39H2,1-4H3,(H,75,84)(H,76,85)(H,77,87)/b31-29+/t42-,43+,44?,45?,46?,47?,48?,49?,51?,52?,53-,54-,55-,56+,57-,58+,59+,60?,61?,62?,63?,64+,65-,66-,67+,68+,69-,70-,71+,72-,73-,74-/m0/s1. The van der Waals surface area contributed by atoms with Gasteiger partial charge in [0, 0.05) is 20.3 Å². The molecular formula is C74H133N3O33. The number of amides is 3. The van der Waals surface area contributed by atoms with Gasteiger partial charge in [-0.2, -0.15) is 0 Å². The van der Waals surface area contributed by atoms with Gasteiger partial charge in [0.25, 0.3) is 0 Å². The Kier molecular flexibility index (Phi) is 44.0. The van der Waals surface area contributed by atoms with E-state index in [-0.39, 0.29) is 12.3 Å². The quantitative estimate of drug-likeness (QED) is 0.0211. The van der Waals surface area contributed by atoms with Gasteiger partial charge in [-0.3, -0.25) is 14.4 Å². The minimum Gasteiger partial charge on any atom is -0.394 e. The third-order valence-corrected chi connectivity index (χ3v) is 21.2. The molecule has 0 aromatic heterocycles. The van der Waals surface area contributed by atoms with Gasteiger partial charge < -0.3 is 165 Å². The lowest BCUT2D eigenvalue weighted by molar-refractivity contribution is -0.399. The van der Waals surface area contributed by atoms with E-state index in [2.05, 4.69) is 29.8 Å². The molecule has 0 aliphatic carbocycles. The molecule has 36 heteroatoms. The molecule has 12 unspecified atom stereocenters. The maximum absolute atomic E-state index is 13.5. The molecule has 6 aliphatic rings. The summed E-state index contributed by atoms with van der Waals surface area (Å²) in [6, 6.07) is -4.65. The highest BCUT2D eigenvalue weighted by Crippen LogP contribution is 2.39. The van der Waals surface area contributed by atoms with Crippen LogP contribution in [0.3, 0.4) is 0 Å². The zero-order valence-electron chi connectivity index (χ0n) is 64.1. The molecule has 36 nitrogen and oxygen atoms in total. The van der Waals surface area contributed by atoms with Crippen molar-refractivity contribution in [3.8, 4) is 0 Å². The van der Waals surface area contributed by atoms with E-state index in [1.807, 2.05) is 6.08 Å². The molecule has 21 N–H and O–H groups in total. The van der Waals surface area contributed by atoms with Crippen molar-refractivity contribution in [2.45, 2.75) is 391 Å². The molecule has 642 valence electrons. The van der Waals surface area contributed by atoms with Crippen LogP contribution in [-0.4, -0.2) is 352 Å². The molecule has 0 radical (unpaired) electrons. The number of aliphatic hydroxyl groups is 18. The Morgan fingerprint density at radius 1 is 0.355 bits per heavy atom. The third kappa shape index (κ3) is 28.4. The van der Waals surface area contributed by atoms with Gasteiger partial charge in [0.05, 0.1) is 58.4 Å². The number of hydrogen-bond donors (Lipinski definition) is 21. The highest BCUT2D eigenvalue weighted by atomic mass is 16.8. The van der Waals surface area contributed by atoms with Crippen LogP contribution in [0.1, 0.15) is 195 Å². The van der Waals surface area contributed by atoms with Crippen molar-refractivity contribution in [1.82, 2.24) is 16.0 Å². The number of rotatable bonds is 50. The van der Waals surface area contributed by atoms with Crippen molar-refractivity contribution < 1.29 is 163 Å². The Bertz CT molecular complexity index is 2560. The maximum Gasteiger partial charge on any atom is 0.220 e. The first kappa shape index (κ1) is 95.8. The van der Waals surface area contributed by atoms with Crippen LogP contribution in [0.2, 0.25) is 0 Å². The highest BCUT2D eigenvalue weighted by molar-refractivity contribution is 5.76. The van der Waals surface area contributed by atoms with Crippen LogP contribution in [0.25, 0.3) is 0 Å². The molecule has 3 amide bonds. The van der Waals surface area contributed by atoms with Crippen molar-refractivity contribution in [1.29, 1.82) is 0 Å². The van der Waals surface area contributed by atoms with Crippen LogP contribution in [0, 0.1) is 0 Å². The monoisotopic (exact) mass is 1590 g/mol. The number of carbonyl (C=O) groups excluding carboxylic acids is 3. The zero-order valence-corrected chi connectivity index (χ0v) is 64.1. The number of hydrogen-bond acceptors (Lipinski definition) is 33. The first-order chi connectivity index (χ1) is 52.8. The van der Waals surface area contributed by atoms with E-state index in [1.54, 1.807) is 6.08 Å². The zero-order chi connectivity index (χ0) is 80.6. The van der Waals surface area contributed by atoms with Gasteiger partial charge in [0.1, 0.15) is 146 Å². The first-order valence-electron chi connectivity index (χ1n) is 40.0. The van der Waals surface area contributed by atoms with Gasteiger partial charge >= 0.3 is 0 Å². The summed E-state index contributed by atoms with van der Waals surface area (Å²) in [7, 11) is 0. The van der Waals surface area contributed by atoms with Crippen LogP contribution < -0.4 is 16.0 Å². The number of carbonyl (C=O) groups is 3. The van der Waals surface area contributed by atoms with Crippen LogP contribution in [0.15, 0.2) is 12.2 Å². The summed E-state index contributed by atoms with van der Waals surface area (Å²) in [6.45, 7) is -0.162. The van der Waals surface area contributed by atoms with Crippen LogP contribution in [-0.2, 0) is 71.2 Å². The lowest BCUT2D eigenvalue weighted by Gasteiger charge is -2.52. The fourth-order valence-electron chi connectivity index (χ4n) is 14.7. The second-order valence-electron chi connectivity index (χ2n) is 29.9. The lowest BCUT2D eigenvalue weighted by Crippen LogP contribution is -2.71. The fourth-order valence-corrected chi connectivity index (χ4v) is 14.7. The molecule has 6 saturated heterocycles. The average Bonchev–Trinajstić information content (AvgIpc) is 0.764. The van der Waals surface area contributed by atoms with E-state index in [0.717, 1.165) is 65.2 Å². The summed E-state index contributed by atoms with van der Waals surface area (Å²) in [6.07, 6.45) is -24.6. The van der Waals surface area contributed by atoms with Crippen molar-refractivity contribution in [3.05, 3.63) is 12.2 Å². The average molecular weight is 1590 g/mol. The largest absolute Gasteiger partial charge is 0.394 e. The number of nitrogens with one attached hydrogen (secondary N) is 3. The predicted octanol–water partition coefficient (Wildman–Crippen LogP) is -3.20. The van der Waals surface area contributed by atoms with E-state index in [0.29, 0.717) is 12.8 Å². The Hall–Kier alpha value is -3.05. The van der Waals surface area contributed by atoms with Gasteiger partial charge in [0.2, 0.25) is 17.7 Å². The smallest absolute Gasteiger partial charge is 0.220 e. The van der Waals surface area contributed by atoms with Gasteiger partial charge in [0.15, 0.2) is 37.7 Å². The van der Waals surface area contributed by atoms with Gasteiger partial charge in [-0.05, 0) is 19.3 Å². The van der Waals surface area contributed by atoms with Crippen molar-refractivity contribution >= 4 is 17.7 Å². The number of ether oxygens (including phenoxy) is 12. The Morgan fingerprint density at radius 3 is 1.17 bits per heavy atom. The Balaban J connectivity index is 1.16. The van der Waals surface area contributed by atoms with Crippen LogP contribution in [0.4, 0.5) is 0 Å². The molecule has 110 heavy (non-hydrogen) atoms. The second kappa shape index (κ2) is 50.5. The van der Waals surface area contributed by atoms with Crippen molar-refractivity contribution in [2.75, 3.05) is 46.2 Å². The van der Waals surface area contributed by atoms with E-state index < -0.39 is 254 Å². The molecule has 6 aliphatic heterocycles. The normalized spacial score (nSPS) is 37.7. The predicted molar refractivity (Wildman–Crippen MR) is 385 cm³/mol. The summed E-state index contributed by atoms with van der Waals surface area (Å²) in [5, 5.41) is 208.